The third kappa shape index (κ3) is 2.85. The highest BCUT2D eigenvalue weighted by Gasteiger charge is 2.21. The molecule has 0 amide bonds. The van der Waals surface area contributed by atoms with Crippen LogP contribution in [0.3, 0.4) is 0 Å². The highest BCUT2D eigenvalue weighted by Crippen LogP contribution is 2.25. The van der Waals surface area contributed by atoms with E-state index in [0.717, 1.165) is 31.7 Å². The van der Waals surface area contributed by atoms with E-state index >= 15 is 0 Å². The van der Waals surface area contributed by atoms with Gasteiger partial charge in [0.05, 0.1) is 18.4 Å². The summed E-state index contributed by atoms with van der Waals surface area (Å²) in [5.74, 6) is 1.43. The second kappa shape index (κ2) is 5.91. The monoisotopic (exact) mass is 251 g/mol. The molecule has 0 radical (unpaired) electrons. The molecule has 5 heteroatoms. The van der Waals surface area contributed by atoms with E-state index in [1.165, 1.54) is 0 Å². The van der Waals surface area contributed by atoms with Crippen LogP contribution in [-0.4, -0.2) is 37.9 Å². The third-order valence-electron chi connectivity index (χ3n) is 3.19. The fourth-order valence-corrected chi connectivity index (χ4v) is 2.21. The van der Waals surface area contributed by atoms with Crippen molar-refractivity contribution < 1.29 is 9.47 Å². The van der Waals surface area contributed by atoms with E-state index in [2.05, 4.69) is 9.88 Å². The maximum atomic E-state index is 5.83. The molecule has 0 aromatic carbocycles. The van der Waals surface area contributed by atoms with Gasteiger partial charge in [-0.2, -0.15) is 4.98 Å². The fraction of sp³-hybridized carbons (Fsp3) is 0.615. The van der Waals surface area contributed by atoms with Gasteiger partial charge >= 0.3 is 0 Å². The number of methoxy groups -OCH3 is 1. The van der Waals surface area contributed by atoms with Gasteiger partial charge in [-0.1, -0.05) is 0 Å². The van der Waals surface area contributed by atoms with Crippen LogP contribution in [0, 0.1) is 0 Å². The Morgan fingerprint density at radius 3 is 3.06 bits per heavy atom. The van der Waals surface area contributed by atoms with Crippen molar-refractivity contribution in [3.63, 3.8) is 0 Å². The minimum Gasteiger partial charge on any atom is -0.476 e. The molecule has 0 bridgehead atoms. The van der Waals surface area contributed by atoms with Crippen molar-refractivity contribution in [2.75, 3.05) is 37.4 Å². The molecule has 1 saturated heterocycles. The quantitative estimate of drug-likeness (QED) is 0.882. The van der Waals surface area contributed by atoms with Gasteiger partial charge in [-0.15, -0.1) is 0 Å². The summed E-state index contributed by atoms with van der Waals surface area (Å²) in [7, 11) is 1.76. The molecular weight excluding hydrogens is 230 g/mol. The number of ether oxygens (including phenoxy) is 2. The fourth-order valence-electron chi connectivity index (χ4n) is 2.21. The molecule has 5 nitrogen and oxygen atoms in total. The first kappa shape index (κ1) is 13.0. The molecule has 0 aliphatic carbocycles. The molecule has 2 rings (SSSR count). The molecule has 2 N–H and O–H groups in total. The Hall–Kier alpha value is -1.49. The molecule has 2 heterocycles. The van der Waals surface area contributed by atoms with Crippen LogP contribution in [0.5, 0.6) is 5.88 Å². The van der Waals surface area contributed by atoms with Crippen molar-refractivity contribution in [1.29, 1.82) is 0 Å². The molecule has 18 heavy (non-hydrogen) atoms. The predicted molar refractivity (Wildman–Crippen MR) is 72.1 cm³/mol. The van der Waals surface area contributed by atoms with Gasteiger partial charge in [-0.25, -0.2) is 0 Å². The molecule has 0 saturated carbocycles. The van der Waals surface area contributed by atoms with Crippen molar-refractivity contribution >= 4 is 11.5 Å². The second-order valence-electron chi connectivity index (χ2n) is 4.44. The van der Waals surface area contributed by atoms with Gasteiger partial charge < -0.3 is 20.1 Å². The number of hydrogen-bond donors (Lipinski definition) is 1. The van der Waals surface area contributed by atoms with Crippen molar-refractivity contribution in [2.45, 2.75) is 25.9 Å². The van der Waals surface area contributed by atoms with E-state index in [1.807, 2.05) is 19.1 Å². The average molecular weight is 251 g/mol. The maximum Gasteiger partial charge on any atom is 0.239 e. The number of aromatic nitrogens is 1. The Morgan fingerprint density at radius 1 is 1.50 bits per heavy atom. The van der Waals surface area contributed by atoms with Crippen LogP contribution < -0.4 is 15.4 Å². The Labute approximate surface area is 108 Å². The number of pyridine rings is 1. The molecule has 1 aromatic rings. The Bertz CT molecular complexity index is 398. The summed E-state index contributed by atoms with van der Waals surface area (Å²) >= 11 is 0. The van der Waals surface area contributed by atoms with E-state index in [9.17, 15) is 0 Å². The lowest BCUT2D eigenvalue weighted by molar-refractivity contribution is 0.0891. The Morgan fingerprint density at radius 2 is 2.33 bits per heavy atom. The van der Waals surface area contributed by atoms with Crippen molar-refractivity contribution in [3.05, 3.63) is 12.1 Å². The van der Waals surface area contributed by atoms with E-state index in [4.69, 9.17) is 15.2 Å². The number of nitrogens with zero attached hydrogens (tertiary/aromatic N) is 2. The standard InChI is InChI=1S/C13H21N3O2/c1-3-18-13-11(14)6-7-12(15-13)16-8-4-5-10(9-16)17-2/h6-7,10H,3-5,8-9,14H2,1-2H3. The lowest BCUT2D eigenvalue weighted by atomic mass is 10.1. The normalized spacial score (nSPS) is 19.9. The first-order chi connectivity index (χ1) is 8.74. The van der Waals surface area contributed by atoms with Gasteiger partial charge in [0.15, 0.2) is 0 Å². The highest BCUT2D eigenvalue weighted by molar-refractivity contribution is 5.54. The number of rotatable bonds is 4. The molecular formula is C13H21N3O2. The van der Waals surface area contributed by atoms with Gasteiger partial charge in [0.25, 0.3) is 0 Å². The molecule has 1 aliphatic rings. The predicted octanol–water partition coefficient (Wildman–Crippen LogP) is 1.68. The Kier molecular flexibility index (Phi) is 4.25. The minimum atomic E-state index is 0.286. The van der Waals surface area contributed by atoms with Crippen LogP contribution in [0.2, 0.25) is 0 Å². The zero-order valence-corrected chi connectivity index (χ0v) is 11.1. The van der Waals surface area contributed by atoms with Crippen molar-refractivity contribution in [2.24, 2.45) is 0 Å². The molecule has 1 aliphatic heterocycles. The molecule has 1 unspecified atom stereocenters. The summed E-state index contributed by atoms with van der Waals surface area (Å²) in [6.45, 7) is 4.37. The van der Waals surface area contributed by atoms with E-state index in [-0.39, 0.29) is 6.10 Å². The van der Waals surface area contributed by atoms with Gasteiger partial charge in [0.2, 0.25) is 5.88 Å². The smallest absolute Gasteiger partial charge is 0.239 e. The molecule has 100 valence electrons. The van der Waals surface area contributed by atoms with Crippen LogP contribution >= 0.6 is 0 Å². The number of anilines is 2. The largest absolute Gasteiger partial charge is 0.476 e. The van der Waals surface area contributed by atoms with Crippen LogP contribution in [0.4, 0.5) is 11.5 Å². The van der Waals surface area contributed by atoms with Gasteiger partial charge in [-0.05, 0) is 31.9 Å². The summed E-state index contributed by atoms with van der Waals surface area (Å²) in [6, 6.07) is 3.79. The highest BCUT2D eigenvalue weighted by atomic mass is 16.5. The molecule has 1 fully saturated rings. The molecule has 0 spiro atoms. The number of piperidine rings is 1. The van der Waals surface area contributed by atoms with Crippen LogP contribution in [0.15, 0.2) is 12.1 Å². The molecule has 1 aromatic heterocycles. The SMILES string of the molecule is CCOc1nc(N2CCCC(OC)C2)ccc1N. The van der Waals surface area contributed by atoms with Gasteiger partial charge in [0.1, 0.15) is 5.82 Å². The minimum absolute atomic E-state index is 0.286. The molecule has 1 atom stereocenters. The summed E-state index contributed by atoms with van der Waals surface area (Å²) < 4.78 is 10.8. The average Bonchev–Trinajstić information content (AvgIpc) is 2.41. The van der Waals surface area contributed by atoms with Gasteiger partial charge in [-0.3, -0.25) is 0 Å². The topological polar surface area (TPSA) is 60.6 Å². The second-order valence-corrected chi connectivity index (χ2v) is 4.44. The number of hydrogen-bond acceptors (Lipinski definition) is 5. The lowest BCUT2D eigenvalue weighted by Gasteiger charge is -2.32. The number of nitrogen functional groups attached to an aromatic ring is 1. The summed E-state index contributed by atoms with van der Waals surface area (Å²) in [5, 5.41) is 0. The summed E-state index contributed by atoms with van der Waals surface area (Å²) in [5.41, 5.74) is 6.41. The van der Waals surface area contributed by atoms with Crippen molar-refractivity contribution in [3.8, 4) is 5.88 Å². The van der Waals surface area contributed by atoms with Crippen molar-refractivity contribution in [1.82, 2.24) is 4.98 Å². The number of nitrogens with two attached hydrogens (primary N) is 1. The third-order valence-corrected chi connectivity index (χ3v) is 3.19. The lowest BCUT2D eigenvalue weighted by Crippen LogP contribution is -2.39. The van der Waals surface area contributed by atoms with Crippen LogP contribution in [0.1, 0.15) is 19.8 Å². The first-order valence-corrected chi connectivity index (χ1v) is 6.41. The van der Waals surface area contributed by atoms with Crippen LogP contribution in [0.25, 0.3) is 0 Å². The Balaban J connectivity index is 2.14. The van der Waals surface area contributed by atoms with Crippen LogP contribution in [-0.2, 0) is 4.74 Å². The maximum absolute atomic E-state index is 5.83. The van der Waals surface area contributed by atoms with E-state index in [0.29, 0.717) is 18.2 Å². The van der Waals surface area contributed by atoms with E-state index in [1.54, 1.807) is 7.11 Å². The first-order valence-electron chi connectivity index (χ1n) is 6.41. The summed E-state index contributed by atoms with van der Waals surface area (Å²) in [4.78, 5) is 6.70. The zero-order valence-electron chi connectivity index (χ0n) is 11.1. The van der Waals surface area contributed by atoms with E-state index < -0.39 is 0 Å². The summed E-state index contributed by atoms with van der Waals surface area (Å²) in [6.07, 6.45) is 2.52. The van der Waals surface area contributed by atoms with Gasteiger partial charge in [0, 0.05) is 20.2 Å². The zero-order chi connectivity index (χ0) is 13.0.